The van der Waals surface area contributed by atoms with Gasteiger partial charge < -0.3 is 9.47 Å². The predicted octanol–water partition coefficient (Wildman–Crippen LogP) is 5.81. The maximum absolute atomic E-state index is 13.3. The van der Waals surface area contributed by atoms with E-state index in [1.807, 2.05) is 61.5 Å². The van der Waals surface area contributed by atoms with Crippen molar-refractivity contribution in [1.82, 2.24) is 10.3 Å². The van der Waals surface area contributed by atoms with Gasteiger partial charge in [-0.2, -0.15) is 0 Å². The summed E-state index contributed by atoms with van der Waals surface area (Å²) in [6.07, 6.45) is 3.01. The molecule has 1 N–H and O–H groups in total. The summed E-state index contributed by atoms with van der Waals surface area (Å²) in [5.74, 6) is 1.24. The number of ether oxygens (including phenoxy) is 2. The molecule has 0 radical (unpaired) electrons. The van der Waals surface area contributed by atoms with Crippen LogP contribution in [0.4, 0.5) is 5.69 Å². The van der Waals surface area contributed by atoms with Gasteiger partial charge in [0.1, 0.15) is 22.8 Å². The van der Waals surface area contributed by atoms with E-state index in [4.69, 9.17) is 21.7 Å². The molecule has 0 bridgehead atoms. The minimum atomic E-state index is -0.574. The van der Waals surface area contributed by atoms with Crippen LogP contribution in [0, 0.1) is 6.92 Å². The Morgan fingerprint density at radius 2 is 1.46 bits per heavy atom. The minimum absolute atomic E-state index is 0.00356. The van der Waals surface area contributed by atoms with Gasteiger partial charge in [0.25, 0.3) is 11.8 Å². The Bertz CT molecular complexity index is 1480. The molecule has 3 aromatic carbocycles. The van der Waals surface area contributed by atoms with Gasteiger partial charge in [0, 0.05) is 12.3 Å². The first kappa shape index (κ1) is 23.9. The molecular formula is C29H21N3O4S. The Morgan fingerprint density at radius 1 is 0.811 bits per heavy atom. The summed E-state index contributed by atoms with van der Waals surface area (Å²) >= 11 is 5.29. The minimum Gasteiger partial charge on any atom is -0.457 e. The average molecular weight is 508 g/mol. The zero-order valence-electron chi connectivity index (χ0n) is 19.8. The third-order valence-electron chi connectivity index (χ3n) is 5.49. The summed E-state index contributed by atoms with van der Waals surface area (Å²) in [7, 11) is 0. The molecule has 1 aliphatic heterocycles. The number of nitrogens with zero attached hydrogens (tertiary/aromatic N) is 2. The fourth-order valence-electron chi connectivity index (χ4n) is 3.61. The molecule has 2 amide bonds. The highest BCUT2D eigenvalue weighted by Gasteiger charge is 2.34. The Labute approximate surface area is 219 Å². The lowest BCUT2D eigenvalue weighted by Crippen LogP contribution is -2.54. The fourth-order valence-corrected chi connectivity index (χ4v) is 3.89. The lowest BCUT2D eigenvalue weighted by Gasteiger charge is -2.29. The molecule has 0 spiro atoms. The Balaban J connectivity index is 1.33. The van der Waals surface area contributed by atoms with Crippen LogP contribution in [0.15, 0.2) is 103 Å². The first-order chi connectivity index (χ1) is 18.0. The normalized spacial score (nSPS) is 14.5. The van der Waals surface area contributed by atoms with Crippen LogP contribution in [-0.2, 0) is 9.59 Å². The highest BCUT2D eigenvalue weighted by molar-refractivity contribution is 7.80. The molecule has 2 heterocycles. The van der Waals surface area contributed by atoms with Crippen LogP contribution in [0.2, 0.25) is 0 Å². The van der Waals surface area contributed by atoms with Crippen molar-refractivity contribution < 1.29 is 19.1 Å². The second-order valence-electron chi connectivity index (χ2n) is 8.21. The van der Waals surface area contributed by atoms with Crippen molar-refractivity contribution in [3.8, 4) is 23.1 Å². The van der Waals surface area contributed by atoms with Crippen LogP contribution in [0.25, 0.3) is 6.08 Å². The molecule has 1 aliphatic rings. The second kappa shape index (κ2) is 10.4. The summed E-state index contributed by atoms with van der Waals surface area (Å²) in [5, 5.41) is 2.59. The Morgan fingerprint density at radius 3 is 2.14 bits per heavy atom. The van der Waals surface area contributed by atoms with E-state index in [0.29, 0.717) is 34.4 Å². The van der Waals surface area contributed by atoms with E-state index in [9.17, 15) is 9.59 Å². The number of anilines is 1. The number of para-hydroxylation sites is 1. The van der Waals surface area contributed by atoms with Crippen LogP contribution < -0.4 is 19.7 Å². The number of thiocarbonyl (C=S) groups is 1. The number of hydrogen-bond acceptors (Lipinski definition) is 6. The van der Waals surface area contributed by atoms with E-state index in [1.54, 1.807) is 36.4 Å². The number of rotatable bonds is 6. The molecule has 1 saturated heterocycles. The summed E-state index contributed by atoms with van der Waals surface area (Å²) in [6, 6.07) is 27.2. The summed E-state index contributed by atoms with van der Waals surface area (Å²) in [4.78, 5) is 31.5. The molecule has 5 rings (SSSR count). The van der Waals surface area contributed by atoms with Gasteiger partial charge in [0.05, 0.1) is 5.69 Å². The van der Waals surface area contributed by atoms with Crippen LogP contribution in [0.3, 0.4) is 0 Å². The van der Waals surface area contributed by atoms with Crippen LogP contribution in [0.5, 0.6) is 23.1 Å². The van der Waals surface area contributed by atoms with Crippen LogP contribution in [-0.4, -0.2) is 21.9 Å². The summed E-state index contributed by atoms with van der Waals surface area (Å²) in [6.45, 7) is 2.00. The molecular weight excluding hydrogens is 486 g/mol. The topological polar surface area (TPSA) is 80.8 Å². The first-order valence-corrected chi connectivity index (χ1v) is 11.8. The number of amides is 2. The number of nitrogens with one attached hydrogen (secondary N) is 1. The smallest absolute Gasteiger partial charge is 0.270 e. The van der Waals surface area contributed by atoms with Gasteiger partial charge in [-0.25, -0.2) is 4.98 Å². The zero-order chi connectivity index (χ0) is 25.8. The Hall–Kier alpha value is -4.82. The molecule has 4 aromatic rings. The number of carbonyl (C=O) groups is 2. The number of aromatic nitrogens is 1. The largest absolute Gasteiger partial charge is 0.457 e. The number of hydrogen-bond donors (Lipinski definition) is 1. The van der Waals surface area contributed by atoms with Crippen LogP contribution >= 0.6 is 12.2 Å². The van der Waals surface area contributed by atoms with Gasteiger partial charge in [-0.1, -0.05) is 35.9 Å². The van der Waals surface area contributed by atoms with Gasteiger partial charge in [-0.05, 0) is 85.4 Å². The van der Waals surface area contributed by atoms with Gasteiger partial charge in [0.2, 0.25) is 5.88 Å². The van der Waals surface area contributed by atoms with Crippen molar-refractivity contribution in [3.05, 3.63) is 114 Å². The molecule has 0 aliphatic carbocycles. The molecule has 0 atom stereocenters. The van der Waals surface area contributed by atoms with Crippen LogP contribution in [0.1, 0.15) is 11.1 Å². The number of pyridine rings is 1. The maximum atomic E-state index is 13.3. The molecule has 1 aromatic heterocycles. The van der Waals surface area contributed by atoms with Crippen molar-refractivity contribution in [1.29, 1.82) is 0 Å². The van der Waals surface area contributed by atoms with Gasteiger partial charge in [-0.15, -0.1) is 0 Å². The maximum Gasteiger partial charge on any atom is 0.270 e. The highest BCUT2D eigenvalue weighted by atomic mass is 32.1. The van der Waals surface area contributed by atoms with Crippen molar-refractivity contribution in [2.24, 2.45) is 0 Å². The van der Waals surface area contributed by atoms with Crippen molar-refractivity contribution >= 4 is 40.9 Å². The quantitative estimate of drug-likeness (QED) is 0.202. The molecule has 0 saturated carbocycles. The van der Waals surface area contributed by atoms with E-state index in [-0.39, 0.29) is 10.7 Å². The van der Waals surface area contributed by atoms with E-state index in [2.05, 4.69) is 10.3 Å². The lowest BCUT2D eigenvalue weighted by atomic mass is 10.1. The molecule has 37 heavy (non-hydrogen) atoms. The fraction of sp³-hybridized carbons (Fsp3) is 0.0345. The lowest BCUT2D eigenvalue weighted by molar-refractivity contribution is -0.122. The van der Waals surface area contributed by atoms with E-state index in [1.165, 1.54) is 17.2 Å². The summed E-state index contributed by atoms with van der Waals surface area (Å²) in [5.41, 5.74) is 2.13. The van der Waals surface area contributed by atoms with Gasteiger partial charge in [-0.3, -0.25) is 19.8 Å². The summed E-state index contributed by atoms with van der Waals surface area (Å²) < 4.78 is 11.6. The number of benzene rings is 3. The van der Waals surface area contributed by atoms with E-state index in [0.717, 1.165) is 5.56 Å². The predicted molar refractivity (Wildman–Crippen MR) is 145 cm³/mol. The molecule has 0 unspecified atom stereocenters. The third-order valence-corrected chi connectivity index (χ3v) is 5.77. The van der Waals surface area contributed by atoms with Crippen molar-refractivity contribution in [2.75, 3.05) is 4.90 Å². The van der Waals surface area contributed by atoms with Gasteiger partial charge >= 0.3 is 0 Å². The molecule has 8 heteroatoms. The monoisotopic (exact) mass is 507 g/mol. The first-order valence-electron chi connectivity index (χ1n) is 11.4. The van der Waals surface area contributed by atoms with Crippen molar-refractivity contribution in [3.63, 3.8) is 0 Å². The molecule has 7 nitrogen and oxygen atoms in total. The standard InChI is InChI=1S/C29H21N3O4S/c1-19-7-12-24(13-8-19)36-26-16-9-20(18-30-26)17-25-27(33)31-29(37)32(28(25)34)21-10-14-23(15-11-21)35-22-5-3-2-4-6-22/h2-18H,1H3,(H,31,33,37). The number of aryl methyl sites for hydroxylation is 1. The van der Waals surface area contributed by atoms with Gasteiger partial charge in [0.15, 0.2) is 5.11 Å². The third kappa shape index (κ3) is 5.55. The average Bonchev–Trinajstić information content (AvgIpc) is 2.90. The SMILES string of the molecule is Cc1ccc(Oc2ccc(C=C3C(=O)NC(=S)N(c4ccc(Oc5ccccc5)cc4)C3=O)cn2)cc1. The number of carbonyl (C=O) groups excluding carboxylic acids is 2. The van der Waals surface area contributed by atoms with E-state index < -0.39 is 11.8 Å². The second-order valence-corrected chi connectivity index (χ2v) is 8.60. The van der Waals surface area contributed by atoms with E-state index >= 15 is 0 Å². The molecule has 1 fully saturated rings. The zero-order valence-corrected chi connectivity index (χ0v) is 20.6. The highest BCUT2D eigenvalue weighted by Crippen LogP contribution is 2.27. The Kier molecular flexibility index (Phi) is 6.74. The van der Waals surface area contributed by atoms with Crippen molar-refractivity contribution in [2.45, 2.75) is 6.92 Å². The molecule has 182 valence electrons.